The van der Waals surface area contributed by atoms with Crippen LogP contribution in [-0.4, -0.2) is 22.5 Å². The van der Waals surface area contributed by atoms with Crippen LogP contribution in [0.4, 0.5) is 11.4 Å². The molecule has 144 valence electrons. The maximum atomic E-state index is 12.2. The van der Waals surface area contributed by atoms with Crippen LogP contribution >= 0.6 is 23.4 Å². The van der Waals surface area contributed by atoms with E-state index in [0.717, 1.165) is 17.8 Å². The number of hydrogen-bond donors (Lipinski definition) is 2. The molecular formula is C17H14ClN5O4S. The monoisotopic (exact) mass is 419 g/mol. The van der Waals surface area contributed by atoms with E-state index in [2.05, 4.69) is 10.6 Å². The van der Waals surface area contributed by atoms with Crippen LogP contribution in [0.15, 0.2) is 28.8 Å². The summed E-state index contributed by atoms with van der Waals surface area (Å²) in [6.07, 6.45) is 0. The van der Waals surface area contributed by atoms with E-state index in [1.54, 1.807) is 13.8 Å². The maximum Gasteiger partial charge on any atom is 0.271 e. The van der Waals surface area contributed by atoms with Crippen molar-refractivity contribution >= 4 is 46.6 Å². The minimum absolute atomic E-state index is 0.00782. The SMILES string of the molecule is CC1(C)C(C#N)=C(SCC(=O)Nc2ccc([N+](=O)[O-])cc2Cl)NC(=O)[C@H]1C#N. The summed E-state index contributed by atoms with van der Waals surface area (Å²) in [5.74, 6) is -2.19. The summed E-state index contributed by atoms with van der Waals surface area (Å²) in [5, 5.41) is 34.6. The molecule has 0 spiro atoms. The molecule has 0 bridgehead atoms. The lowest BCUT2D eigenvalue weighted by atomic mass is 9.72. The van der Waals surface area contributed by atoms with Crippen LogP contribution in [0, 0.1) is 44.1 Å². The highest BCUT2D eigenvalue weighted by molar-refractivity contribution is 8.03. The van der Waals surface area contributed by atoms with Crippen LogP contribution in [-0.2, 0) is 9.59 Å². The van der Waals surface area contributed by atoms with Gasteiger partial charge in [0, 0.05) is 17.5 Å². The molecular weight excluding hydrogens is 406 g/mol. The Morgan fingerprint density at radius 1 is 1.46 bits per heavy atom. The van der Waals surface area contributed by atoms with Crippen molar-refractivity contribution in [3.63, 3.8) is 0 Å². The quantitative estimate of drug-likeness (QED) is 0.550. The minimum Gasteiger partial charge on any atom is -0.324 e. The first-order chi connectivity index (χ1) is 13.1. The molecule has 1 atom stereocenters. The van der Waals surface area contributed by atoms with Crippen LogP contribution in [0.5, 0.6) is 0 Å². The minimum atomic E-state index is -1.01. The van der Waals surface area contributed by atoms with Crippen molar-refractivity contribution in [3.05, 3.63) is 43.9 Å². The molecule has 1 heterocycles. The topological polar surface area (TPSA) is 149 Å². The molecule has 2 amide bonds. The van der Waals surface area contributed by atoms with Crippen molar-refractivity contribution in [2.45, 2.75) is 13.8 Å². The second kappa shape index (κ2) is 8.30. The third-order valence-corrected chi connectivity index (χ3v) is 5.43. The molecule has 1 aliphatic rings. The van der Waals surface area contributed by atoms with Crippen molar-refractivity contribution in [3.8, 4) is 12.1 Å². The highest BCUT2D eigenvalue weighted by Crippen LogP contribution is 2.41. The number of nitrogens with one attached hydrogen (secondary N) is 2. The number of carbonyl (C=O) groups is 2. The predicted molar refractivity (Wildman–Crippen MR) is 103 cm³/mol. The van der Waals surface area contributed by atoms with Gasteiger partial charge in [-0.2, -0.15) is 10.5 Å². The Balaban J connectivity index is 2.13. The van der Waals surface area contributed by atoms with Crippen molar-refractivity contribution < 1.29 is 14.5 Å². The van der Waals surface area contributed by atoms with Crippen molar-refractivity contribution in [1.29, 1.82) is 10.5 Å². The molecule has 0 aromatic heterocycles. The predicted octanol–water partition coefficient (Wildman–Crippen LogP) is 2.95. The molecule has 0 radical (unpaired) electrons. The largest absolute Gasteiger partial charge is 0.324 e. The summed E-state index contributed by atoms with van der Waals surface area (Å²) in [6, 6.07) is 7.54. The lowest BCUT2D eigenvalue weighted by Gasteiger charge is -2.34. The van der Waals surface area contributed by atoms with Gasteiger partial charge in [0.15, 0.2) is 0 Å². The van der Waals surface area contributed by atoms with Gasteiger partial charge in [0.2, 0.25) is 11.8 Å². The molecule has 1 aliphatic heterocycles. The van der Waals surface area contributed by atoms with Gasteiger partial charge in [-0.25, -0.2) is 0 Å². The van der Waals surface area contributed by atoms with Gasteiger partial charge in [0.25, 0.3) is 5.69 Å². The van der Waals surface area contributed by atoms with Gasteiger partial charge >= 0.3 is 0 Å². The molecule has 0 fully saturated rings. The number of anilines is 1. The second-order valence-corrected chi connectivity index (χ2v) is 7.74. The highest BCUT2D eigenvalue weighted by atomic mass is 35.5. The van der Waals surface area contributed by atoms with Crippen LogP contribution in [0.2, 0.25) is 5.02 Å². The summed E-state index contributed by atoms with van der Waals surface area (Å²) in [6.45, 7) is 3.24. The molecule has 0 unspecified atom stereocenters. The third-order valence-electron chi connectivity index (χ3n) is 4.12. The van der Waals surface area contributed by atoms with E-state index in [9.17, 15) is 30.2 Å². The van der Waals surface area contributed by atoms with E-state index in [1.807, 2.05) is 12.1 Å². The number of benzene rings is 1. The molecule has 28 heavy (non-hydrogen) atoms. The fourth-order valence-corrected chi connectivity index (χ4v) is 3.77. The lowest BCUT2D eigenvalue weighted by Crippen LogP contribution is -2.44. The van der Waals surface area contributed by atoms with E-state index < -0.39 is 28.1 Å². The summed E-state index contributed by atoms with van der Waals surface area (Å²) in [5.41, 5.74) is -0.790. The molecule has 0 saturated heterocycles. The number of hydrogen-bond acceptors (Lipinski definition) is 7. The number of carbonyl (C=O) groups excluding carboxylic acids is 2. The first-order valence-corrected chi connectivity index (χ1v) is 9.20. The summed E-state index contributed by atoms with van der Waals surface area (Å²) < 4.78 is 0. The Morgan fingerprint density at radius 2 is 2.14 bits per heavy atom. The second-order valence-electron chi connectivity index (χ2n) is 6.35. The Morgan fingerprint density at radius 3 is 2.68 bits per heavy atom. The molecule has 9 nitrogen and oxygen atoms in total. The summed E-state index contributed by atoms with van der Waals surface area (Å²) >= 11 is 6.88. The number of allylic oxidation sites excluding steroid dienone is 1. The fourth-order valence-electron chi connectivity index (χ4n) is 2.58. The smallest absolute Gasteiger partial charge is 0.271 e. The van der Waals surface area contributed by atoms with Crippen molar-refractivity contribution in [2.75, 3.05) is 11.1 Å². The van der Waals surface area contributed by atoms with Gasteiger partial charge in [-0.15, -0.1) is 0 Å². The number of nitrogens with zero attached hydrogens (tertiary/aromatic N) is 3. The lowest BCUT2D eigenvalue weighted by molar-refractivity contribution is -0.384. The zero-order valence-corrected chi connectivity index (χ0v) is 16.3. The third kappa shape index (κ3) is 4.25. The van der Waals surface area contributed by atoms with E-state index in [4.69, 9.17) is 11.6 Å². The number of halogens is 1. The van der Waals surface area contributed by atoms with E-state index >= 15 is 0 Å². The van der Waals surface area contributed by atoms with Crippen LogP contribution in [0.3, 0.4) is 0 Å². The number of rotatable bonds is 5. The van der Waals surface area contributed by atoms with E-state index in [-0.39, 0.29) is 32.8 Å². The van der Waals surface area contributed by atoms with Crippen molar-refractivity contribution in [2.24, 2.45) is 11.3 Å². The van der Waals surface area contributed by atoms with Gasteiger partial charge in [-0.05, 0) is 6.07 Å². The Hall–Kier alpha value is -3.08. The van der Waals surface area contributed by atoms with Gasteiger partial charge in [-0.1, -0.05) is 37.2 Å². The Bertz CT molecular complexity index is 977. The normalized spacial score (nSPS) is 17.9. The van der Waals surface area contributed by atoms with Crippen LogP contribution < -0.4 is 10.6 Å². The number of nitro benzene ring substituents is 1. The van der Waals surface area contributed by atoms with Crippen molar-refractivity contribution in [1.82, 2.24) is 5.32 Å². The maximum absolute atomic E-state index is 12.2. The average Bonchev–Trinajstić information content (AvgIpc) is 2.61. The zero-order valence-electron chi connectivity index (χ0n) is 14.8. The Kier molecular flexibility index (Phi) is 6.29. The molecule has 1 aromatic carbocycles. The first kappa shape index (κ1) is 21.2. The van der Waals surface area contributed by atoms with Gasteiger partial charge < -0.3 is 10.6 Å². The van der Waals surface area contributed by atoms with Gasteiger partial charge in [-0.3, -0.25) is 19.7 Å². The van der Waals surface area contributed by atoms with Crippen LogP contribution in [0.25, 0.3) is 0 Å². The number of non-ortho nitro benzene ring substituents is 1. The average molecular weight is 420 g/mol. The molecule has 0 aliphatic carbocycles. The van der Waals surface area contributed by atoms with E-state index in [0.29, 0.717) is 0 Å². The molecule has 1 aromatic rings. The summed E-state index contributed by atoms with van der Waals surface area (Å²) in [7, 11) is 0. The zero-order chi connectivity index (χ0) is 21.1. The first-order valence-electron chi connectivity index (χ1n) is 7.83. The number of amides is 2. The fraction of sp³-hybridized carbons (Fsp3) is 0.294. The highest BCUT2D eigenvalue weighted by Gasteiger charge is 2.44. The molecule has 2 N–H and O–H groups in total. The van der Waals surface area contributed by atoms with E-state index in [1.165, 1.54) is 12.1 Å². The van der Waals surface area contributed by atoms with Crippen LogP contribution in [0.1, 0.15) is 13.8 Å². The molecule has 2 rings (SSSR count). The number of nitriles is 2. The molecule has 11 heteroatoms. The standard InChI is InChI=1S/C17H14ClN5O4S/c1-17(2)10(6-19)15(25)22-16(11(17)7-20)28-8-14(24)21-13-4-3-9(23(26)27)5-12(13)18/h3-5,10H,8H2,1-2H3,(H,21,24)(H,22,25)/t10-/m1/s1. The van der Waals surface area contributed by atoms with Gasteiger partial charge in [0.1, 0.15) is 5.92 Å². The molecule has 0 saturated carbocycles. The van der Waals surface area contributed by atoms with Gasteiger partial charge in [0.05, 0.1) is 44.1 Å². The summed E-state index contributed by atoms with van der Waals surface area (Å²) in [4.78, 5) is 34.4. The Labute approximate surface area is 169 Å². The number of thioether (sulfide) groups is 1. The number of nitro groups is 1.